The molecule has 78 valence electrons. The van der Waals surface area contributed by atoms with E-state index in [9.17, 15) is 0 Å². The molecule has 1 saturated heterocycles. The number of rotatable bonds is 1. The molecule has 0 radical (unpaired) electrons. The first-order valence-electron chi connectivity index (χ1n) is 5.01. The highest BCUT2D eigenvalue weighted by Crippen LogP contribution is 2.26. The van der Waals surface area contributed by atoms with Crippen molar-refractivity contribution >= 4 is 11.4 Å². The Balaban J connectivity index is 2.24. The molecule has 0 saturated carbocycles. The van der Waals surface area contributed by atoms with E-state index >= 15 is 0 Å². The van der Waals surface area contributed by atoms with E-state index in [1.165, 1.54) is 0 Å². The van der Waals surface area contributed by atoms with Gasteiger partial charge in [0.05, 0.1) is 29.6 Å². The molecule has 0 aliphatic carbocycles. The predicted octanol–water partition coefficient (Wildman–Crippen LogP) is 1.67. The van der Waals surface area contributed by atoms with E-state index in [2.05, 4.69) is 6.07 Å². The number of benzene rings is 1. The fraction of sp³-hybridized carbons (Fsp3) is 0.364. The largest absolute Gasteiger partial charge is 0.397 e. The second-order valence-electron chi connectivity index (χ2n) is 3.53. The lowest BCUT2D eigenvalue weighted by Crippen LogP contribution is -2.30. The monoisotopic (exact) mass is 203 g/mol. The molecule has 1 fully saturated rings. The second-order valence-corrected chi connectivity index (χ2v) is 3.53. The Morgan fingerprint density at radius 3 is 2.87 bits per heavy atom. The van der Waals surface area contributed by atoms with E-state index < -0.39 is 0 Å². The molecule has 1 aromatic carbocycles. The maximum absolute atomic E-state index is 8.71. The van der Waals surface area contributed by atoms with E-state index in [-0.39, 0.29) is 0 Å². The standard InChI is InChI=1S/C11H13N3O/c12-8-9-3-4-11(10(13)7-9)14-5-1-2-6-15-14/h3-4,7H,1-2,5-6,13H2. The summed E-state index contributed by atoms with van der Waals surface area (Å²) in [4.78, 5) is 5.49. The van der Waals surface area contributed by atoms with Gasteiger partial charge in [-0.25, -0.2) is 0 Å². The quantitative estimate of drug-likeness (QED) is 0.705. The molecule has 0 amide bonds. The zero-order valence-corrected chi connectivity index (χ0v) is 8.44. The first-order chi connectivity index (χ1) is 7.31. The molecule has 0 spiro atoms. The van der Waals surface area contributed by atoms with E-state index in [0.29, 0.717) is 11.3 Å². The lowest BCUT2D eigenvalue weighted by Gasteiger charge is -2.28. The van der Waals surface area contributed by atoms with Gasteiger partial charge in [0.1, 0.15) is 0 Å². The van der Waals surface area contributed by atoms with Crippen LogP contribution in [0, 0.1) is 11.3 Å². The van der Waals surface area contributed by atoms with Gasteiger partial charge in [0.25, 0.3) is 0 Å². The Labute approximate surface area is 88.8 Å². The van der Waals surface area contributed by atoms with Crippen molar-refractivity contribution in [2.24, 2.45) is 0 Å². The lowest BCUT2D eigenvalue weighted by atomic mass is 10.2. The van der Waals surface area contributed by atoms with Crippen LogP contribution in [0.15, 0.2) is 18.2 Å². The molecule has 2 N–H and O–H groups in total. The molecular weight excluding hydrogens is 190 g/mol. The Morgan fingerprint density at radius 1 is 1.40 bits per heavy atom. The second kappa shape index (κ2) is 4.20. The number of hydroxylamine groups is 1. The minimum Gasteiger partial charge on any atom is -0.397 e. The molecule has 1 heterocycles. The van der Waals surface area contributed by atoms with Crippen LogP contribution in [0.5, 0.6) is 0 Å². The van der Waals surface area contributed by atoms with Crippen molar-refractivity contribution in [3.63, 3.8) is 0 Å². The third-order valence-corrected chi connectivity index (χ3v) is 2.43. The van der Waals surface area contributed by atoms with Crippen LogP contribution in [0.2, 0.25) is 0 Å². The van der Waals surface area contributed by atoms with Gasteiger partial charge in [0.15, 0.2) is 0 Å². The Morgan fingerprint density at radius 2 is 2.27 bits per heavy atom. The predicted molar refractivity (Wildman–Crippen MR) is 58.1 cm³/mol. The summed E-state index contributed by atoms with van der Waals surface area (Å²) in [5.41, 5.74) is 7.88. The van der Waals surface area contributed by atoms with E-state index in [1.54, 1.807) is 17.2 Å². The maximum atomic E-state index is 8.71. The zero-order chi connectivity index (χ0) is 10.7. The molecule has 1 aromatic rings. The molecule has 4 nitrogen and oxygen atoms in total. The van der Waals surface area contributed by atoms with Crippen molar-refractivity contribution in [2.75, 3.05) is 23.9 Å². The zero-order valence-electron chi connectivity index (χ0n) is 8.44. The van der Waals surface area contributed by atoms with Crippen LogP contribution >= 0.6 is 0 Å². The molecular formula is C11H13N3O. The normalized spacial score (nSPS) is 16.1. The van der Waals surface area contributed by atoms with Gasteiger partial charge in [-0.1, -0.05) is 0 Å². The highest BCUT2D eigenvalue weighted by Gasteiger charge is 2.14. The smallest absolute Gasteiger partial charge is 0.0992 e. The molecule has 0 atom stereocenters. The van der Waals surface area contributed by atoms with Crippen molar-refractivity contribution in [2.45, 2.75) is 12.8 Å². The van der Waals surface area contributed by atoms with Crippen LogP contribution in [-0.4, -0.2) is 13.2 Å². The third-order valence-electron chi connectivity index (χ3n) is 2.43. The Hall–Kier alpha value is -1.73. The number of nitriles is 1. The summed E-state index contributed by atoms with van der Waals surface area (Å²) < 4.78 is 0. The number of hydrogen-bond acceptors (Lipinski definition) is 4. The highest BCUT2D eigenvalue weighted by atomic mass is 16.7. The summed E-state index contributed by atoms with van der Waals surface area (Å²) in [6, 6.07) is 7.32. The summed E-state index contributed by atoms with van der Waals surface area (Å²) in [5, 5.41) is 10.5. The SMILES string of the molecule is N#Cc1ccc(N2CCCCO2)c(N)c1. The summed E-state index contributed by atoms with van der Waals surface area (Å²) in [6.07, 6.45) is 2.20. The molecule has 0 unspecified atom stereocenters. The van der Waals surface area contributed by atoms with Gasteiger partial charge in [-0.05, 0) is 31.0 Å². The molecule has 2 rings (SSSR count). The van der Waals surface area contributed by atoms with E-state index in [0.717, 1.165) is 31.7 Å². The van der Waals surface area contributed by atoms with E-state index in [4.69, 9.17) is 15.8 Å². The van der Waals surface area contributed by atoms with Crippen molar-refractivity contribution in [1.82, 2.24) is 0 Å². The fourth-order valence-electron chi connectivity index (χ4n) is 1.64. The fourth-order valence-corrected chi connectivity index (χ4v) is 1.64. The maximum Gasteiger partial charge on any atom is 0.0992 e. The number of nitrogens with zero attached hydrogens (tertiary/aromatic N) is 2. The molecule has 1 aliphatic heterocycles. The Kier molecular flexibility index (Phi) is 2.75. The van der Waals surface area contributed by atoms with Crippen LogP contribution in [0.4, 0.5) is 11.4 Å². The van der Waals surface area contributed by atoms with Gasteiger partial charge >= 0.3 is 0 Å². The average Bonchev–Trinajstić information content (AvgIpc) is 2.30. The summed E-state index contributed by atoms with van der Waals surface area (Å²) in [6.45, 7) is 1.59. The summed E-state index contributed by atoms with van der Waals surface area (Å²) in [5.74, 6) is 0. The Bertz CT molecular complexity index is 391. The number of anilines is 2. The molecule has 0 bridgehead atoms. The van der Waals surface area contributed by atoms with Gasteiger partial charge in [-0.2, -0.15) is 5.26 Å². The topological polar surface area (TPSA) is 62.3 Å². The third kappa shape index (κ3) is 2.03. The van der Waals surface area contributed by atoms with Crippen LogP contribution in [0.25, 0.3) is 0 Å². The van der Waals surface area contributed by atoms with Crippen LogP contribution in [0.1, 0.15) is 18.4 Å². The van der Waals surface area contributed by atoms with Gasteiger partial charge in [0, 0.05) is 6.54 Å². The van der Waals surface area contributed by atoms with Crippen molar-refractivity contribution in [3.05, 3.63) is 23.8 Å². The minimum absolute atomic E-state index is 0.577. The summed E-state index contributed by atoms with van der Waals surface area (Å²) >= 11 is 0. The van der Waals surface area contributed by atoms with Gasteiger partial charge in [0.2, 0.25) is 0 Å². The van der Waals surface area contributed by atoms with Crippen molar-refractivity contribution in [3.8, 4) is 6.07 Å². The first kappa shape index (κ1) is 9.81. The van der Waals surface area contributed by atoms with E-state index in [1.807, 2.05) is 6.07 Å². The number of nitrogen functional groups attached to an aromatic ring is 1. The average molecular weight is 203 g/mol. The highest BCUT2D eigenvalue weighted by molar-refractivity contribution is 5.68. The minimum atomic E-state index is 0.577. The molecule has 1 aliphatic rings. The van der Waals surface area contributed by atoms with Gasteiger partial charge in [-0.15, -0.1) is 0 Å². The molecule has 0 aromatic heterocycles. The number of hydrogen-bond donors (Lipinski definition) is 1. The first-order valence-corrected chi connectivity index (χ1v) is 5.01. The van der Waals surface area contributed by atoms with Crippen LogP contribution in [-0.2, 0) is 4.84 Å². The molecule has 4 heteroatoms. The number of nitrogens with two attached hydrogens (primary N) is 1. The summed E-state index contributed by atoms with van der Waals surface area (Å²) in [7, 11) is 0. The van der Waals surface area contributed by atoms with Crippen LogP contribution < -0.4 is 10.8 Å². The van der Waals surface area contributed by atoms with Crippen molar-refractivity contribution < 1.29 is 4.84 Å². The molecule has 15 heavy (non-hydrogen) atoms. The lowest BCUT2D eigenvalue weighted by molar-refractivity contribution is 0.0781. The van der Waals surface area contributed by atoms with Gasteiger partial charge < -0.3 is 5.73 Å². The van der Waals surface area contributed by atoms with Crippen molar-refractivity contribution in [1.29, 1.82) is 5.26 Å². The van der Waals surface area contributed by atoms with Crippen LogP contribution in [0.3, 0.4) is 0 Å². The van der Waals surface area contributed by atoms with Gasteiger partial charge in [-0.3, -0.25) is 9.90 Å².